The first kappa shape index (κ1) is 15.4. The van der Waals surface area contributed by atoms with Crippen LogP contribution in [0.4, 0.5) is 5.69 Å². The fourth-order valence-electron chi connectivity index (χ4n) is 2.60. The minimum atomic E-state index is -0.510. The second kappa shape index (κ2) is 6.07. The molecule has 1 amide bonds. The molecule has 0 bridgehead atoms. The maximum atomic E-state index is 12.4. The van der Waals surface area contributed by atoms with Gasteiger partial charge in [0, 0.05) is 28.9 Å². The molecule has 0 aliphatic heterocycles. The van der Waals surface area contributed by atoms with E-state index < -0.39 is 11.3 Å². The molecule has 0 fully saturated rings. The third-order valence-electron chi connectivity index (χ3n) is 3.89. The van der Waals surface area contributed by atoms with Crippen molar-refractivity contribution in [1.82, 2.24) is 15.2 Å². The molecule has 3 N–H and O–H groups in total. The monoisotopic (exact) mass is 345 g/mol. The molecule has 0 aliphatic carbocycles. The summed E-state index contributed by atoms with van der Waals surface area (Å²) < 4.78 is 5.09. The van der Waals surface area contributed by atoms with Crippen LogP contribution >= 0.6 is 0 Å². The second-order valence-corrected chi connectivity index (χ2v) is 5.54. The van der Waals surface area contributed by atoms with Crippen LogP contribution in [0.3, 0.4) is 0 Å². The number of rotatable bonds is 3. The fourth-order valence-corrected chi connectivity index (χ4v) is 2.60. The van der Waals surface area contributed by atoms with E-state index in [0.29, 0.717) is 11.4 Å². The molecule has 0 spiro atoms. The van der Waals surface area contributed by atoms with Crippen molar-refractivity contribution >= 4 is 22.5 Å². The molecule has 3 heterocycles. The number of amides is 1. The highest BCUT2D eigenvalue weighted by molar-refractivity contribution is 6.04. The standard InChI is InChI=1S/C18H11N5O3/c19-7-11-8-20-15(6-16(11)24)18(25)21-12-1-2-14-13(5-12)17(23-22-14)10-3-4-26-9-10/h1-6,8-9H,(H,20,24)(H,21,25)(H,22,23). The van der Waals surface area contributed by atoms with E-state index in [1.54, 1.807) is 42.9 Å². The average molecular weight is 345 g/mol. The van der Waals surface area contributed by atoms with Crippen molar-refractivity contribution in [3.63, 3.8) is 0 Å². The molecule has 0 atom stereocenters. The van der Waals surface area contributed by atoms with Gasteiger partial charge >= 0.3 is 0 Å². The van der Waals surface area contributed by atoms with Gasteiger partial charge < -0.3 is 14.7 Å². The second-order valence-electron chi connectivity index (χ2n) is 5.54. The number of aromatic amines is 2. The topological polar surface area (TPSA) is 128 Å². The Kier molecular flexibility index (Phi) is 3.60. The molecular weight excluding hydrogens is 334 g/mol. The minimum absolute atomic E-state index is 0.0499. The molecular formula is C18H11N5O3. The maximum Gasteiger partial charge on any atom is 0.272 e. The first-order valence-corrected chi connectivity index (χ1v) is 7.60. The summed E-state index contributed by atoms with van der Waals surface area (Å²) in [5.74, 6) is -0.487. The van der Waals surface area contributed by atoms with E-state index in [1.807, 2.05) is 0 Å². The molecule has 8 heteroatoms. The number of carbonyl (C=O) groups excluding carboxylic acids is 1. The molecule has 4 rings (SSSR count). The molecule has 4 aromatic rings. The van der Waals surface area contributed by atoms with Gasteiger partial charge in [0.1, 0.15) is 23.0 Å². The van der Waals surface area contributed by atoms with Crippen molar-refractivity contribution in [2.45, 2.75) is 0 Å². The number of nitrogens with zero attached hydrogens (tertiary/aromatic N) is 2. The van der Waals surface area contributed by atoms with Gasteiger partial charge in [-0.2, -0.15) is 10.4 Å². The van der Waals surface area contributed by atoms with Crippen molar-refractivity contribution in [2.24, 2.45) is 0 Å². The summed E-state index contributed by atoms with van der Waals surface area (Å²) in [5, 5.41) is 19.5. The summed E-state index contributed by atoms with van der Waals surface area (Å²) in [7, 11) is 0. The number of nitrogens with one attached hydrogen (secondary N) is 3. The van der Waals surface area contributed by atoms with Crippen LogP contribution in [-0.2, 0) is 0 Å². The van der Waals surface area contributed by atoms with Crippen LogP contribution in [0.1, 0.15) is 16.1 Å². The van der Waals surface area contributed by atoms with E-state index in [2.05, 4.69) is 20.5 Å². The molecule has 1 aromatic carbocycles. The number of aromatic nitrogens is 3. The lowest BCUT2D eigenvalue weighted by molar-refractivity contribution is 0.102. The van der Waals surface area contributed by atoms with Gasteiger partial charge in [-0.25, -0.2) is 0 Å². The van der Waals surface area contributed by atoms with E-state index in [-0.39, 0.29) is 11.3 Å². The zero-order valence-electron chi connectivity index (χ0n) is 13.2. The molecule has 0 saturated carbocycles. The Hall–Kier alpha value is -4.12. The first-order chi connectivity index (χ1) is 12.7. The summed E-state index contributed by atoms with van der Waals surface area (Å²) in [4.78, 5) is 26.7. The largest absolute Gasteiger partial charge is 0.472 e. The predicted molar refractivity (Wildman–Crippen MR) is 93.5 cm³/mol. The number of hydrogen-bond acceptors (Lipinski definition) is 5. The molecule has 8 nitrogen and oxygen atoms in total. The van der Waals surface area contributed by atoms with E-state index >= 15 is 0 Å². The highest BCUT2D eigenvalue weighted by Crippen LogP contribution is 2.28. The van der Waals surface area contributed by atoms with Gasteiger partial charge in [-0.05, 0) is 24.3 Å². The lowest BCUT2D eigenvalue weighted by Crippen LogP contribution is -2.17. The maximum absolute atomic E-state index is 12.4. The number of furan rings is 1. The quantitative estimate of drug-likeness (QED) is 0.526. The van der Waals surface area contributed by atoms with E-state index in [9.17, 15) is 9.59 Å². The van der Waals surface area contributed by atoms with Crippen molar-refractivity contribution < 1.29 is 9.21 Å². The lowest BCUT2D eigenvalue weighted by Gasteiger charge is -2.05. The van der Waals surface area contributed by atoms with Crippen LogP contribution in [0.25, 0.3) is 22.2 Å². The number of carbonyl (C=O) groups is 1. The van der Waals surface area contributed by atoms with Crippen molar-refractivity contribution in [1.29, 1.82) is 5.26 Å². The summed E-state index contributed by atoms with van der Waals surface area (Å²) in [6.07, 6.45) is 4.36. The van der Waals surface area contributed by atoms with Crippen LogP contribution in [0, 0.1) is 11.3 Å². The van der Waals surface area contributed by atoms with Crippen LogP contribution in [0.15, 0.2) is 58.3 Å². The van der Waals surface area contributed by atoms with E-state index in [0.717, 1.165) is 22.5 Å². The lowest BCUT2D eigenvalue weighted by atomic mass is 10.1. The van der Waals surface area contributed by atoms with Gasteiger partial charge in [0.15, 0.2) is 5.43 Å². The van der Waals surface area contributed by atoms with Crippen LogP contribution < -0.4 is 10.7 Å². The Morgan fingerprint density at radius 1 is 1.27 bits per heavy atom. The van der Waals surface area contributed by atoms with Crippen molar-refractivity contribution in [3.05, 3.63) is 70.5 Å². The summed E-state index contributed by atoms with van der Waals surface area (Å²) in [5.41, 5.74) is 2.38. The van der Waals surface area contributed by atoms with Gasteiger partial charge in [-0.3, -0.25) is 14.7 Å². The minimum Gasteiger partial charge on any atom is -0.472 e. The number of benzene rings is 1. The number of hydrogen-bond donors (Lipinski definition) is 3. The third-order valence-corrected chi connectivity index (χ3v) is 3.89. The fraction of sp³-hybridized carbons (Fsp3) is 0. The van der Waals surface area contributed by atoms with Gasteiger partial charge in [0.05, 0.1) is 18.0 Å². The number of fused-ring (bicyclic) bond motifs is 1. The van der Waals surface area contributed by atoms with Crippen LogP contribution in [0.2, 0.25) is 0 Å². The average Bonchev–Trinajstić information content (AvgIpc) is 3.30. The highest BCUT2D eigenvalue weighted by Gasteiger charge is 2.13. The van der Waals surface area contributed by atoms with E-state index in [4.69, 9.17) is 9.68 Å². The van der Waals surface area contributed by atoms with Crippen molar-refractivity contribution in [3.8, 4) is 17.3 Å². The normalized spacial score (nSPS) is 10.6. The molecule has 26 heavy (non-hydrogen) atoms. The molecule has 0 aliphatic rings. The smallest absolute Gasteiger partial charge is 0.272 e. The summed E-state index contributed by atoms with van der Waals surface area (Å²) in [6, 6.07) is 9.94. The number of nitriles is 1. The molecule has 126 valence electrons. The Balaban J connectivity index is 1.66. The molecule has 3 aromatic heterocycles. The Labute approximate surface area is 146 Å². The molecule has 0 unspecified atom stereocenters. The van der Waals surface area contributed by atoms with Gasteiger partial charge in [-0.1, -0.05) is 0 Å². The molecule has 0 saturated heterocycles. The van der Waals surface area contributed by atoms with Crippen molar-refractivity contribution in [2.75, 3.05) is 5.32 Å². The number of anilines is 1. The third kappa shape index (κ3) is 2.63. The SMILES string of the molecule is N#Cc1c[nH]c(C(=O)Nc2ccc3[nH]nc(-c4ccoc4)c3c2)cc1=O. The van der Waals surface area contributed by atoms with Gasteiger partial charge in [0.2, 0.25) is 0 Å². The van der Waals surface area contributed by atoms with Gasteiger partial charge in [-0.15, -0.1) is 0 Å². The predicted octanol–water partition coefficient (Wildman–Crippen LogP) is 2.64. The van der Waals surface area contributed by atoms with Crippen LogP contribution in [0.5, 0.6) is 0 Å². The molecule has 0 radical (unpaired) electrons. The highest BCUT2D eigenvalue weighted by atomic mass is 16.3. The zero-order chi connectivity index (χ0) is 18.1. The summed E-state index contributed by atoms with van der Waals surface area (Å²) in [6.45, 7) is 0. The van der Waals surface area contributed by atoms with Gasteiger partial charge in [0.25, 0.3) is 5.91 Å². The number of H-pyrrole nitrogens is 2. The Morgan fingerprint density at radius 3 is 2.88 bits per heavy atom. The van der Waals surface area contributed by atoms with E-state index in [1.165, 1.54) is 6.20 Å². The zero-order valence-corrected chi connectivity index (χ0v) is 13.2. The Morgan fingerprint density at radius 2 is 2.15 bits per heavy atom. The number of pyridine rings is 1. The summed E-state index contributed by atoms with van der Waals surface area (Å²) >= 11 is 0. The Bertz CT molecular complexity index is 1210. The first-order valence-electron chi connectivity index (χ1n) is 7.60. The van der Waals surface area contributed by atoms with Crippen LogP contribution in [-0.4, -0.2) is 21.1 Å².